The van der Waals surface area contributed by atoms with Crippen LogP contribution in [0.5, 0.6) is 5.75 Å². The predicted molar refractivity (Wildman–Crippen MR) is 83.7 cm³/mol. The molecule has 3 heteroatoms. The molecule has 108 valence electrons. The van der Waals surface area contributed by atoms with E-state index in [-0.39, 0.29) is 5.91 Å². The van der Waals surface area contributed by atoms with Gasteiger partial charge in [-0.15, -0.1) is 0 Å². The highest BCUT2D eigenvalue weighted by Gasteiger charge is 2.29. The van der Waals surface area contributed by atoms with Crippen LogP contribution in [-0.4, -0.2) is 12.0 Å². The Morgan fingerprint density at radius 2 is 2.05 bits per heavy atom. The zero-order valence-corrected chi connectivity index (χ0v) is 12.3. The Kier molecular flexibility index (Phi) is 3.65. The molecule has 1 atom stereocenters. The van der Waals surface area contributed by atoms with Crippen LogP contribution in [0.15, 0.2) is 42.5 Å². The Balaban J connectivity index is 1.77. The van der Waals surface area contributed by atoms with Crippen molar-refractivity contribution in [1.82, 2.24) is 0 Å². The molecule has 1 heterocycles. The first-order chi connectivity index (χ1) is 10.2. The second-order valence-corrected chi connectivity index (χ2v) is 5.37. The van der Waals surface area contributed by atoms with Crippen LogP contribution in [0.25, 0.3) is 0 Å². The van der Waals surface area contributed by atoms with E-state index < -0.39 is 6.10 Å². The van der Waals surface area contributed by atoms with Crippen molar-refractivity contribution < 1.29 is 9.53 Å². The maximum absolute atomic E-state index is 12.5. The summed E-state index contributed by atoms with van der Waals surface area (Å²) in [5.41, 5.74) is 4.25. The number of aryl methyl sites for hydroxylation is 2. The quantitative estimate of drug-likeness (QED) is 0.935. The van der Waals surface area contributed by atoms with Gasteiger partial charge in [0.1, 0.15) is 5.75 Å². The number of hydrogen-bond acceptors (Lipinski definition) is 2. The minimum atomic E-state index is -0.438. The molecule has 0 spiro atoms. The highest BCUT2D eigenvalue weighted by molar-refractivity contribution is 5.96. The lowest BCUT2D eigenvalue weighted by Crippen LogP contribution is -2.32. The molecule has 0 aromatic heterocycles. The SMILES string of the molecule is CCc1cccc(C)c1NC(=O)C1Cc2ccccc2O1. The van der Waals surface area contributed by atoms with E-state index in [4.69, 9.17) is 4.74 Å². The molecule has 1 amide bonds. The Bertz CT molecular complexity index is 654. The molecule has 1 unspecified atom stereocenters. The van der Waals surface area contributed by atoms with Crippen LogP contribution in [0.2, 0.25) is 0 Å². The number of amides is 1. The number of anilines is 1. The van der Waals surface area contributed by atoms with Crippen molar-refractivity contribution >= 4 is 11.6 Å². The van der Waals surface area contributed by atoms with Gasteiger partial charge in [-0.25, -0.2) is 0 Å². The van der Waals surface area contributed by atoms with E-state index in [1.54, 1.807) is 0 Å². The maximum atomic E-state index is 12.5. The molecule has 2 aromatic rings. The van der Waals surface area contributed by atoms with Gasteiger partial charge in [-0.3, -0.25) is 4.79 Å². The topological polar surface area (TPSA) is 38.3 Å². The lowest BCUT2D eigenvalue weighted by atomic mass is 10.0. The fourth-order valence-electron chi connectivity index (χ4n) is 2.73. The average molecular weight is 281 g/mol. The molecule has 1 N–H and O–H groups in total. The minimum Gasteiger partial charge on any atom is -0.480 e. The smallest absolute Gasteiger partial charge is 0.265 e. The summed E-state index contributed by atoms with van der Waals surface area (Å²) in [7, 11) is 0. The number of rotatable bonds is 3. The summed E-state index contributed by atoms with van der Waals surface area (Å²) in [5.74, 6) is 0.744. The number of carbonyl (C=O) groups is 1. The lowest BCUT2D eigenvalue weighted by Gasteiger charge is -2.16. The van der Waals surface area contributed by atoms with Crippen LogP contribution in [0.4, 0.5) is 5.69 Å². The minimum absolute atomic E-state index is 0.0739. The zero-order valence-electron chi connectivity index (χ0n) is 12.3. The molecular formula is C18H19NO2. The monoisotopic (exact) mass is 281 g/mol. The average Bonchev–Trinajstić information content (AvgIpc) is 2.93. The molecule has 21 heavy (non-hydrogen) atoms. The maximum Gasteiger partial charge on any atom is 0.265 e. The van der Waals surface area contributed by atoms with Gasteiger partial charge in [0.2, 0.25) is 0 Å². The van der Waals surface area contributed by atoms with Crippen molar-refractivity contribution in [3.05, 3.63) is 59.2 Å². The number of para-hydroxylation sites is 2. The Hall–Kier alpha value is -2.29. The van der Waals surface area contributed by atoms with Crippen LogP contribution in [-0.2, 0) is 17.6 Å². The van der Waals surface area contributed by atoms with Gasteiger partial charge >= 0.3 is 0 Å². The van der Waals surface area contributed by atoms with Gasteiger partial charge in [0.15, 0.2) is 6.10 Å². The molecule has 0 bridgehead atoms. The molecule has 0 saturated carbocycles. The van der Waals surface area contributed by atoms with Crippen LogP contribution in [0.1, 0.15) is 23.6 Å². The second kappa shape index (κ2) is 5.60. The standard InChI is InChI=1S/C18H19NO2/c1-3-13-9-6-7-12(2)17(13)19-18(20)16-11-14-8-4-5-10-15(14)21-16/h4-10,16H,3,11H2,1-2H3,(H,19,20). The molecular weight excluding hydrogens is 262 g/mol. The normalized spacial score (nSPS) is 16.2. The van der Waals surface area contributed by atoms with E-state index >= 15 is 0 Å². The van der Waals surface area contributed by atoms with Crippen molar-refractivity contribution in [2.75, 3.05) is 5.32 Å². The van der Waals surface area contributed by atoms with Crippen LogP contribution >= 0.6 is 0 Å². The number of nitrogens with one attached hydrogen (secondary N) is 1. The molecule has 1 aliphatic rings. The number of fused-ring (bicyclic) bond motifs is 1. The molecule has 0 fully saturated rings. The zero-order chi connectivity index (χ0) is 14.8. The van der Waals surface area contributed by atoms with E-state index in [9.17, 15) is 4.79 Å². The second-order valence-electron chi connectivity index (χ2n) is 5.37. The number of hydrogen-bond donors (Lipinski definition) is 1. The van der Waals surface area contributed by atoms with Crippen molar-refractivity contribution in [2.45, 2.75) is 32.8 Å². The largest absolute Gasteiger partial charge is 0.480 e. The Morgan fingerprint density at radius 1 is 1.24 bits per heavy atom. The van der Waals surface area contributed by atoms with Gasteiger partial charge in [0.25, 0.3) is 5.91 Å². The van der Waals surface area contributed by atoms with Gasteiger partial charge in [-0.1, -0.05) is 43.3 Å². The van der Waals surface area contributed by atoms with Crippen molar-refractivity contribution in [1.29, 1.82) is 0 Å². The van der Waals surface area contributed by atoms with Gasteiger partial charge < -0.3 is 10.1 Å². The van der Waals surface area contributed by atoms with E-state index in [1.165, 1.54) is 0 Å². The van der Waals surface area contributed by atoms with Crippen molar-refractivity contribution in [2.24, 2.45) is 0 Å². The molecule has 3 rings (SSSR count). The van der Waals surface area contributed by atoms with Crippen molar-refractivity contribution in [3.8, 4) is 5.75 Å². The van der Waals surface area contributed by atoms with E-state index in [0.717, 1.165) is 34.5 Å². The first-order valence-electron chi connectivity index (χ1n) is 7.33. The summed E-state index contributed by atoms with van der Waals surface area (Å²) in [6.07, 6.45) is 1.09. The molecule has 1 aliphatic heterocycles. The Labute approximate surface area is 124 Å². The highest BCUT2D eigenvalue weighted by atomic mass is 16.5. The number of benzene rings is 2. The predicted octanol–water partition coefficient (Wildman–Crippen LogP) is 3.50. The fourth-order valence-corrected chi connectivity index (χ4v) is 2.73. The van der Waals surface area contributed by atoms with Gasteiger partial charge in [0.05, 0.1) is 0 Å². The third-order valence-electron chi connectivity index (χ3n) is 3.93. The molecule has 2 aromatic carbocycles. The first-order valence-corrected chi connectivity index (χ1v) is 7.33. The van der Waals surface area contributed by atoms with Crippen LogP contribution in [0, 0.1) is 6.92 Å². The molecule has 3 nitrogen and oxygen atoms in total. The van der Waals surface area contributed by atoms with Gasteiger partial charge in [0, 0.05) is 12.1 Å². The van der Waals surface area contributed by atoms with Crippen molar-refractivity contribution in [3.63, 3.8) is 0 Å². The highest BCUT2D eigenvalue weighted by Crippen LogP contribution is 2.29. The fraction of sp³-hybridized carbons (Fsp3) is 0.278. The number of ether oxygens (including phenoxy) is 1. The van der Waals surface area contributed by atoms with E-state index in [1.807, 2.05) is 49.4 Å². The number of carbonyl (C=O) groups excluding carboxylic acids is 1. The third-order valence-corrected chi connectivity index (χ3v) is 3.93. The molecule has 0 radical (unpaired) electrons. The Morgan fingerprint density at radius 3 is 2.81 bits per heavy atom. The van der Waals surface area contributed by atoms with E-state index in [2.05, 4.69) is 12.2 Å². The third kappa shape index (κ3) is 2.64. The van der Waals surface area contributed by atoms with Gasteiger partial charge in [-0.2, -0.15) is 0 Å². The summed E-state index contributed by atoms with van der Waals surface area (Å²) in [4.78, 5) is 12.5. The van der Waals surface area contributed by atoms with E-state index in [0.29, 0.717) is 6.42 Å². The summed E-state index contributed by atoms with van der Waals surface area (Å²) in [6.45, 7) is 4.10. The summed E-state index contributed by atoms with van der Waals surface area (Å²) in [5, 5.41) is 3.04. The summed E-state index contributed by atoms with van der Waals surface area (Å²) >= 11 is 0. The van der Waals surface area contributed by atoms with Crippen LogP contribution in [0.3, 0.4) is 0 Å². The summed E-state index contributed by atoms with van der Waals surface area (Å²) < 4.78 is 5.74. The lowest BCUT2D eigenvalue weighted by molar-refractivity contribution is -0.122. The first kappa shape index (κ1) is 13.7. The molecule has 0 saturated heterocycles. The summed E-state index contributed by atoms with van der Waals surface area (Å²) in [6, 6.07) is 13.9. The van der Waals surface area contributed by atoms with Gasteiger partial charge in [-0.05, 0) is 36.1 Å². The molecule has 0 aliphatic carbocycles. The van der Waals surface area contributed by atoms with Crippen LogP contribution < -0.4 is 10.1 Å².